The molecule has 1 saturated heterocycles. The number of nitrogens with two attached hydrogens (primary N) is 1. The number of benzene rings is 1. The molecule has 0 spiro atoms. The Labute approximate surface area is 129 Å². The minimum atomic E-state index is -0.325. The first-order chi connectivity index (χ1) is 10.6. The third kappa shape index (κ3) is 2.88. The Morgan fingerprint density at radius 1 is 1.23 bits per heavy atom. The first-order valence-corrected chi connectivity index (χ1v) is 7.43. The molecule has 0 aliphatic carbocycles. The Morgan fingerprint density at radius 3 is 2.68 bits per heavy atom. The lowest BCUT2D eigenvalue weighted by Crippen LogP contribution is -2.32. The highest BCUT2D eigenvalue weighted by molar-refractivity contribution is 5.96. The van der Waals surface area contributed by atoms with Gasteiger partial charge in [-0.15, -0.1) is 0 Å². The Hall–Kier alpha value is -2.56. The van der Waals surface area contributed by atoms with Crippen LogP contribution in [0.2, 0.25) is 0 Å². The van der Waals surface area contributed by atoms with Gasteiger partial charge in [0.05, 0.1) is 11.5 Å². The van der Waals surface area contributed by atoms with Crippen molar-refractivity contribution in [2.45, 2.75) is 12.8 Å². The molecule has 2 amide bonds. The van der Waals surface area contributed by atoms with E-state index in [0.717, 1.165) is 11.1 Å². The summed E-state index contributed by atoms with van der Waals surface area (Å²) in [6.07, 6.45) is 4.96. The number of nitrogens with one attached hydrogen (secondary N) is 1. The van der Waals surface area contributed by atoms with Crippen LogP contribution in [-0.4, -0.2) is 34.8 Å². The number of H-pyrrole nitrogens is 1. The van der Waals surface area contributed by atoms with E-state index in [1.807, 2.05) is 36.5 Å². The molecule has 5 nitrogen and oxygen atoms in total. The van der Waals surface area contributed by atoms with E-state index < -0.39 is 0 Å². The summed E-state index contributed by atoms with van der Waals surface area (Å²) in [5.41, 5.74) is 8.13. The third-order valence-corrected chi connectivity index (χ3v) is 4.18. The van der Waals surface area contributed by atoms with Crippen LogP contribution in [0.3, 0.4) is 0 Å². The maximum atomic E-state index is 12.6. The van der Waals surface area contributed by atoms with Crippen molar-refractivity contribution in [3.8, 4) is 0 Å². The predicted molar refractivity (Wildman–Crippen MR) is 83.2 cm³/mol. The van der Waals surface area contributed by atoms with Crippen LogP contribution in [0.25, 0.3) is 0 Å². The third-order valence-electron chi connectivity index (χ3n) is 4.18. The van der Waals surface area contributed by atoms with Crippen LogP contribution in [0.4, 0.5) is 0 Å². The molecular formula is C17H19N3O2. The van der Waals surface area contributed by atoms with E-state index in [1.54, 1.807) is 11.1 Å². The van der Waals surface area contributed by atoms with Crippen LogP contribution in [0, 0.1) is 5.92 Å². The van der Waals surface area contributed by atoms with Gasteiger partial charge in [0.15, 0.2) is 0 Å². The second-order valence-electron chi connectivity index (χ2n) is 5.70. The zero-order valence-corrected chi connectivity index (χ0v) is 12.3. The van der Waals surface area contributed by atoms with Gasteiger partial charge in [0.1, 0.15) is 0 Å². The molecule has 0 bridgehead atoms. The zero-order chi connectivity index (χ0) is 15.5. The van der Waals surface area contributed by atoms with Crippen LogP contribution in [0.1, 0.15) is 27.9 Å². The standard InChI is InChI=1S/C17H19N3O2/c18-16(21)13-6-7-20(11-13)17(22)15-10-19-9-14(15)8-12-4-2-1-3-5-12/h1-5,9-10,13,19H,6-8,11H2,(H2,18,21). The molecule has 3 rings (SSSR count). The fourth-order valence-electron chi connectivity index (χ4n) is 2.90. The average Bonchev–Trinajstić information content (AvgIpc) is 3.17. The molecule has 1 aliphatic rings. The molecule has 1 unspecified atom stereocenters. The quantitative estimate of drug-likeness (QED) is 0.898. The first-order valence-electron chi connectivity index (χ1n) is 7.43. The Kier molecular flexibility index (Phi) is 3.96. The molecular weight excluding hydrogens is 278 g/mol. The van der Waals surface area contributed by atoms with E-state index in [9.17, 15) is 9.59 Å². The summed E-state index contributed by atoms with van der Waals surface area (Å²) in [7, 11) is 0. The van der Waals surface area contributed by atoms with Gasteiger partial charge in [-0.2, -0.15) is 0 Å². The van der Waals surface area contributed by atoms with Crippen molar-refractivity contribution in [2.24, 2.45) is 11.7 Å². The summed E-state index contributed by atoms with van der Waals surface area (Å²) in [6, 6.07) is 10.0. The van der Waals surface area contributed by atoms with Crippen molar-refractivity contribution < 1.29 is 9.59 Å². The fraction of sp³-hybridized carbons (Fsp3) is 0.294. The normalized spacial score (nSPS) is 17.6. The Balaban J connectivity index is 1.74. The lowest BCUT2D eigenvalue weighted by molar-refractivity contribution is -0.121. The smallest absolute Gasteiger partial charge is 0.255 e. The molecule has 1 aliphatic heterocycles. The molecule has 1 fully saturated rings. The second kappa shape index (κ2) is 6.05. The van der Waals surface area contributed by atoms with Crippen LogP contribution < -0.4 is 5.73 Å². The van der Waals surface area contributed by atoms with Gasteiger partial charge in [-0.05, 0) is 24.0 Å². The van der Waals surface area contributed by atoms with Gasteiger partial charge in [0.2, 0.25) is 5.91 Å². The van der Waals surface area contributed by atoms with Crippen molar-refractivity contribution in [3.63, 3.8) is 0 Å². The Morgan fingerprint density at radius 2 is 2.00 bits per heavy atom. The number of nitrogens with zero attached hydrogens (tertiary/aromatic N) is 1. The van der Waals surface area contributed by atoms with Gasteiger partial charge in [0.25, 0.3) is 5.91 Å². The van der Waals surface area contributed by atoms with Gasteiger partial charge in [-0.3, -0.25) is 9.59 Å². The van der Waals surface area contributed by atoms with E-state index in [0.29, 0.717) is 31.5 Å². The molecule has 1 aromatic heterocycles. The zero-order valence-electron chi connectivity index (χ0n) is 12.3. The number of likely N-dealkylation sites (tertiary alicyclic amines) is 1. The molecule has 1 aromatic carbocycles. The van der Waals surface area contributed by atoms with Crippen molar-refractivity contribution in [2.75, 3.05) is 13.1 Å². The average molecular weight is 297 g/mol. The lowest BCUT2D eigenvalue weighted by atomic mass is 10.0. The maximum absolute atomic E-state index is 12.6. The molecule has 114 valence electrons. The monoisotopic (exact) mass is 297 g/mol. The topological polar surface area (TPSA) is 79.2 Å². The van der Waals surface area contributed by atoms with Crippen molar-refractivity contribution in [1.29, 1.82) is 0 Å². The molecule has 0 radical (unpaired) electrons. The highest BCUT2D eigenvalue weighted by Gasteiger charge is 2.31. The Bertz CT molecular complexity index is 678. The highest BCUT2D eigenvalue weighted by Crippen LogP contribution is 2.21. The number of amides is 2. The predicted octanol–water partition coefficient (Wildman–Crippen LogP) is 1.55. The summed E-state index contributed by atoms with van der Waals surface area (Å²) >= 11 is 0. The number of aromatic amines is 1. The number of aromatic nitrogens is 1. The van der Waals surface area contributed by atoms with E-state index in [-0.39, 0.29) is 17.7 Å². The summed E-state index contributed by atoms with van der Waals surface area (Å²) in [6.45, 7) is 1.01. The van der Waals surface area contributed by atoms with Crippen LogP contribution >= 0.6 is 0 Å². The van der Waals surface area contributed by atoms with E-state index in [4.69, 9.17) is 5.73 Å². The number of hydrogen-bond donors (Lipinski definition) is 2. The number of carbonyl (C=O) groups excluding carboxylic acids is 2. The molecule has 1 atom stereocenters. The van der Waals surface area contributed by atoms with Crippen LogP contribution in [-0.2, 0) is 11.2 Å². The highest BCUT2D eigenvalue weighted by atomic mass is 16.2. The maximum Gasteiger partial charge on any atom is 0.255 e. The minimum Gasteiger partial charge on any atom is -0.369 e. The fourth-order valence-corrected chi connectivity index (χ4v) is 2.90. The van der Waals surface area contributed by atoms with Crippen molar-refractivity contribution in [1.82, 2.24) is 9.88 Å². The van der Waals surface area contributed by atoms with Gasteiger partial charge in [0, 0.05) is 25.5 Å². The van der Waals surface area contributed by atoms with Crippen molar-refractivity contribution in [3.05, 3.63) is 59.4 Å². The summed E-state index contributed by atoms with van der Waals surface area (Å²) in [5, 5.41) is 0. The minimum absolute atomic E-state index is 0.0315. The first kappa shape index (κ1) is 14.4. The van der Waals surface area contributed by atoms with Gasteiger partial charge in [-0.1, -0.05) is 30.3 Å². The van der Waals surface area contributed by atoms with E-state index in [1.165, 1.54) is 0 Å². The van der Waals surface area contributed by atoms with E-state index in [2.05, 4.69) is 4.98 Å². The molecule has 5 heteroatoms. The molecule has 2 aromatic rings. The van der Waals surface area contributed by atoms with Gasteiger partial charge < -0.3 is 15.6 Å². The number of primary amides is 1. The van der Waals surface area contributed by atoms with Gasteiger partial charge in [-0.25, -0.2) is 0 Å². The van der Waals surface area contributed by atoms with Crippen molar-refractivity contribution >= 4 is 11.8 Å². The van der Waals surface area contributed by atoms with Crippen LogP contribution in [0.15, 0.2) is 42.7 Å². The van der Waals surface area contributed by atoms with Crippen LogP contribution in [0.5, 0.6) is 0 Å². The number of carbonyl (C=O) groups is 2. The second-order valence-corrected chi connectivity index (χ2v) is 5.70. The molecule has 0 saturated carbocycles. The number of hydrogen-bond acceptors (Lipinski definition) is 2. The SMILES string of the molecule is NC(=O)C1CCN(C(=O)c2c[nH]cc2Cc2ccccc2)C1. The lowest BCUT2D eigenvalue weighted by Gasteiger charge is -2.16. The summed E-state index contributed by atoms with van der Waals surface area (Å²) in [5.74, 6) is -0.578. The number of rotatable bonds is 4. The van der Waals surface area contributed by atoms with E-state index >= 15 is 0 Å². The molecule has 2 heterocycles. The van der Waals surface area contributed by atoms with Gasteiger partial charge >= 0.3 is 0 Å². The molecule has 3 N–H and O–H groups in total. The summed E-state index contributed by atoms with van der Waals surface area (Å²) < 4.78 is 0. The largest absolute Gasteiger partial charge is 0.369 e. The molecule has 22 heavy (non-hydrogen) atoms. The summed E-state index contributed by atoms with van der Waals surface area (Å²) in [4.78, 5) is 28.6.